The van der Waals surface area contributed by atoms with Gasteiger partial charge in [-0.1, -0.05) is 5.16 Å². The maximum Gasteiger partial charge on any atom is 0.416 e. The molecule has 0 saturated heterocycles. The lowest BCUT2D eigenvalue weighted by Crippen LogP contribution is -2.07. The molecule has 0 unspecified atom stereocenters. The lowest BCUT2D eigenvalue weighted by atomic mass is 10.0. The van der Waals surface area contributed by atoms with Gasteiger partial charge in [-0.3, -0.25) is 0 Å². The van der Waals surface area contributed by atoms with Gasteiger partial charge in [0.05, 0.1) is 12.7 Å². The van der Waals surface area contributed by atoms with Crippen LogP contribution in [0, 0.1) is 12.7 Å². The Labute approximate surface area is 116 Å². The van der Waals surface area contributed by atoms with Crippen LogP contribution in [0.2, 0.25) is 0 Å². The van der Waals surface area contributed by atoms with Crippen molar-refractivity contribution in [3.8, 4) is 11.3 Å². The first-order chi connectivity index (χ1) is 9.74. The van der Waals surface area contributed by atoms with E-state index in [9.17, 15) is 22.4 Å². The highest BCUT2D eigenvalue weighted by molar-refractivity contribution is 5.97. The van der Waals surface area contributed by atoms with E-state index in [0.717, 1.165) is 13.2 Å². The highest BCUT2D eigenvalue weighted by Gasteiger charge is 2.32. The second-order valence-electron chi connectivity index (χ2n) is 4.18. The lowest BCUT2D eigenvalue weighted by Gasteiger charge is -2.08. The van der Waals surface area contributed by atoms with Crippen molar-refractivity contribution in [2.75, 3.05) is 7.11 Å². The number of hydrogen-bond acceptors (Lipinski definition) is 4. The summed E-state index contributed by atoms with van der Waals surface area (Å²) in [6.07, 6.45) is -4.72. The van der Waals surface area contributed by atoms with Gasteiger partial charge in [0.2, 0.25) is 0 Å². The molecular formula is C13H9F4NO3. The quantitative estimate of drug-likeness (QED) is 0.628. The summed E-state index contributed by atoms with van der Waals surface area (Å²) in [5.74, 6) is -1.87. The number of aryl methyl sites for hydroxylation is 1. The van der Waals surface area contributed by atoms with Crippen molar-refractivity contribution in [1.82, 2.24) is 5.16 Å². The zero-order valence-corrected chi connectivity index (χ0v) is 10.9. The van der Waals surface area contributed by atoms with Crippen molar-refractivity contribution in [3.63, 3.8) is 0 Å². The molecule has 21 heavy (non-hydrogen) atoms. The molecule has 0 spiro atoms. The number of halogens is 4. The summed E-state index contributed by atoms with van der Waals surface area (Å²) >= 11 is 0. The Morgan fingerprint density at radius 1 is 1.29 bits per heavy atom. The number of carbonyl (C=O) groups excluding carboxylic acids is 1. The van der Waals surface area contributed by atoms with Crippen LogP contribution in [0.4, 0.5) is 17.6 Å². The van der Waals surface area contributed by atoms with Crippen molar-refractivity contribution >= 4 is 5.97 Å². The van der Waals surface area contributed by atoms with Gasteiger partial charge in [-0.05, 0) is 25.1 Å². The first kappa shape index (κ1) is 15.0. The van der Waals surface area contributed by atoms with Crippen molar-refractivity contribution < 1.29 is 31.6 Å². The first-order valence-electron chi connectivity index (χ1n) is 5.66. The van der Waals surface area contributed by atoms with Crippen molar-refractivity contribution in [3.05, 3.63) is 40.9 Å². The number of methoxy groups -OCH3 is 1. The molecule has 0 bridgehead atoms. The monoisotopic (exact) mass is 303 g/mol. The summed E-state index contributed by atoms with van der Waals surface area (Å²) in [6.45, 7) is 1.40. The van der Waals surface area contributed by atoms with Gasteiger partial charge in [-0.2, -0.15) is 13.2 Å². The fourth-order valence-electron chi connectivity index (χ4n) is 1.80. The average molecular weight is 303 g/mol. The second kappa shape index (κ2) is 5.19. The molecule has 1 aromatic heterocycles. The van der Waals surface area contributed by atoms with Gasteiger partial charge in [0, 0.05) is 5.56 Å². The van der Waals surface area contributed by atoms with Gasteiger partial charge in [0.15, 0.2) is 0 Å². The zero-order chi connectivity index (χ0) is 15.8. The summed E-state index contributed by atoms with van der Waals surface area (Å²) in [7, 11) is 1.10. The number of esters is 1. The molecule has 4 nitrogen and oxygen atoms in total. The molecular weight excluding hydrogens is 294 g/mol. The highest BCUT2D eigenvalue weighted by atomic mass is 19.4. The number of nitrogens with zero attached hydrogens (tertiary/aromatic N) is 1. The third-order valence-corrected chi connectivity index (χ3v) is 2.75. The number of ether oxygens (including phenoxy) is 1. The van der Waals surface area contributed by atoms with E-state index in [1.165, 1.54) is 6.92 Å². The number of aromatic nitrogens is 1. The third kappa shape index (κ3) is 2.88. The average Bonchev–Trinajstić information content (AvgIpc) is 2.78. The van der Waals surface area contributed by atoms with Crippen LogP contribution in [0.3, 0.4) is 0 Å². The number of alkyl halides is 3. The Bertz CT molecular complexity index is 691. The molecule has 0 aliphatic rings. The summed E-state index contributed by atoms with van der Waals surface area (Å²) in [6, 6.07) is 1.88. The summed E-state index contributed by atoms with van der Waals surface area (Å²) in [5.41, 5.74) is -1.76. The number of rotatable bonds is 2. The van der Waals surface area contributed by atoms with E-state index in [4.69, 9.17) is 4.52 Å². The minimum Gasteiger partial charge on any atom is -0.465 e. The molecule has 0 aliphatic heterocycles. The van der Waals surface area contributed by atoms with E-state index in [1.807, 2.05) is 0 Å². The first-order valence-corrected chi connectivity index (χ1v) is 5.66. The van der Waals surface area contributed by atoms with Crippen LogP contribution in [0.1, 0.15) is 21.7 Å². The molecule has 0 radical (unpaired) electrons. The molecule has 0 atom stereocenters. The third-order valence-electron chi connectivity index (χ3n) is 2.75. The molecule has 2 aromatic rings. The number of benzene rings is 1. The molecule has 0 aliphatic carbocycles. The van der Waals surface area contributed by atoms with E-state index in [1.54, 1.807) is 0 Å². The van der Waals surface area contributed by atoms with Crippen molar-refractivity contribution in [2.24, 2.45) is 0 Å². The molecule has 112 valence electrons. The van der Waals surface area contributed by atoms with Gasteiger partial charge in [-0.15, -0.1) is 0 Å². The molecule has 1 aromatic carbocycles. The summed E-state index contributed by atoms with van der Waals surface area (Å²) < 4.78 is 60.8. The molecule has 2 rings (SSSR count). The van der Waals surface area contributed by atoms with Crippen molar-refractivity contribution in [1.29, 1.82) is 0 Å². The smallest absolute Gasteiger partial charge is 0.416 e. The summed E-state index contributed by atoms with van der Waals surface area (Å²) in [4.78, 5) is 11.6. The van der Waals surface area contributed by atoms with Gasteiger partial charge in [0.1, 0.15) is 22.8 Å². The minimum atomic E-state index is -4.72. The maximum atomic E-state index is 13.4. The van der Waals surface area contributed by atoms with E-state index in [-0.39, 0.29) is 22.6 Å². The molecule has 1 heterocycles. The Morgan fingerprint density at radius 2 is 1.95 bits per heavy atom. The Kier molecular flexibility index (Phi) is 3.71. The predicted molar refractivity (Wildman–Crippen MR) is 63.0 cm³/mol. The molecule has 0 fully saturated rings. The number of carbonyl (C=O) groups is 1. The van der Waals surface area contributed by atoms with Crippen LogP contribution in [-0.4, -0.2) is 18.2 Å². The fraction of sp³-hybridized carbons (Fsp3) is 0.231. The van der Waals surface area contributed by atoms with Gasteiger partial charge in [-0.25, -0.2) is 9.18 Å². The molecule has 0 amide bonds. The topological polar surface area (TPSA) is 52.3 Å². The summed E-state index contributed by atoms with van der Waals surface area (Å²) in [5, 5.41) is 3.51. The fourth-order valence-corrected chi connectivity index (χ4v) is 1.80. The highest BCUT2D eigenvalue weighted by Crippen LogP contribution is 2.34. The molecule has 8 heteroatoms. The zero-order valence-electron chi connectivity index (χ0n) is 10.9. The van der Waals surface area contributed by atoms with E-state index in [2.05, 4.69) is 9.89 Å². The predicted octanol–water partition coefficient (Wildman–Crippen LogP) is 3.59. The maximum absolute atomic E-state index is 13.4. The van der Waals surface area contributed by atoms with Crippen LogP contribution >= 0.6 is 0 Å². The SMILES string of the molecule is COC(=O)c1c(-c2cc(F)cc(C(F)(F)F)c2)noc1C. The van der Waals surface area contributed by atoms with Crippen LogP contribution in [-0.2, 0) is 10.9 Å². The largest absolute Gasteiger partial charge is 0.465 e. The standard InChI is InChI=1S/C13H9F4NO3/c1-6-10(12(19)20-2)11(18-21-6)7-3-8(13(15,16)17)5-9(14)4-7/h3-5H,1-2H3. The van der Waals surface area contributed by atoms with Crippen LogP contribution in [0.25, 0.3) is 11.3 Å². The van der Waals surface area contributed by atoms with Crippen molar-refractivity contribution in [2.45, 2.75) is 13.1 Å². The molecule has 0 saturated carbocycles. The van der Waals surface area contributed by atoms with E-state index >= 15 is 0 Å². The van der Waals surface area contributed by atoms with Crippen LogP contribution in [0.5, 0.6) is 0 Å². The normalized spacial score (nSPS) is 11.5. The lowest BCUT2D eigenvalue weighted by molar-refractivity contribution is -0.137. The Hall–Kier alpha value is -2.38. The second-order valence-corrected chi connectivity index (χ2v) is 4.18. The van der Waals surface area contributed by atoms with Gasteiger partial charge in [0.25, 0.3) is 0 Å². The number of hydrogen-bond donors (Lipinski definition) is 0. The van der Waals surface area contributed by atoms with E-state index < -0.39 is 23.5 Å². The molecule has 0 N–H and O–H groups in total. The Balaban J connectivity index is 2.63. The van der Waals surface area contributed by atoms with Crippen LogP contribution < -0.4 is 0 Å². The van der Waals surface area contributed by atoms with Crippen LogP contribution in [0.15, 0.2) is 22.7 Å². The van der Waals surface area contributed by atoms with E-state index in [0.29, 0.717) is 12.1 Å². The van der Waals surface area contributed by atoms with Gasteiger partial charge < -0.3 is 9.26 Å². The Morgan fingerprint density at radius 3 is 2.52 bits per heavy atom. The minimum absolute atomic E-state index is 0.0645. The van der Waals surface area contributed by atoms with Gasteiger partial charge >= 0.3 is 12.1 Å².